The molecule has 0 aromatic heterocycles. The molecule has 0 aliphatic heterocycles. The van der Waals surface area contributed by atoms with Crippen LogP contribution in [0.2, 0.25) is 0 Å². The zero-order valence-corrected chi connectivity index (χ0v) is 21.9. The summed E-state index contributed by atoms with van der Waals surface area (Å²) in [7, 11) is 0. The Kier molecular flexibility index (Phi) is 15.7. The van der Waals surface area contributed by atoms with Crippen molar-refractivity contribution in [2.75, 3.05) is 39.5 Å². The van der Waals surface area contributed by atoms with Crippen LogP contribution in [0.1, 0.15) is 16.7 Å². The Morgan fingerprint density at radius 2 is 0.706 bits per heavy atom. The molecule has 0 fully saturated rings. The summed E-state index contributed by atoms with van der Waals surface area (Å²) in [5.41, 5.74) is 3.71. The monoisotopic (exact) mass is 535 g/mol. The number of aryl methyl sites for hydroxylation is 3. The van der Waals surface area contributed by atoms with Crippen molar-refractivity contribution in [2.45, 2.75) is 20.8 Å². The standard InChI is InChI=1S/C27H33NO3.BrH.2H2O/c1-22-4-10-25(11-5-22)29-19-16-28(17-20-30-26-12-6-23(2)7-13-26)18-21-31-27-14-8-24(3)9-15-27;;;/h4-15H,16-21H2,1-3H3;1H;2*1H2. The van der Waals surface area contributed by atoms with Crippen molar-refractivity contribution >= 4 is 0 Å². The number of rotatable bonds is 12. The highest BCUT2D eigenvalue weighted by atomic mass is 79.9. The first-order valence-corrected chi connectivity index (χ1v) is 11.0. The molecule has 0 aliphatic rings. The van der Waals surface area contributed by atoms with Gasteiger partial charge in [0.2, 0.25) is 0 Å². The lowest BCUT2D eigenvalue weighted by Crippen LogP contribution is -3.13. The average molecular weight is 537 g/mol. The van der Waals surface area contributed by atoms with E-state index in [4.69, 9.17) is 14.2 Å². The number of ether oxygens (including phenoxy) is 3. The minimum absolute atomic E-state index is 0. The summed E-state index contributed by atoms with van der Waals surface area (Å²) in [6.07, 6.45) is 0. The van der Waals surface area contributed by atoms with E-state index in [1.165, 1.54) is 21.6 Å². The highest BCUT2D eigenvalue weighted by Crippen LogP contribution is 2.12. The molecular formula is C27H38BrNO5. The number of benzene rings is 3. The molecule has 7 heteroatoms. The Morgan fingerprint density at radius 3 is 0.941 bits per heavy atom. The molecule has 6 nitrogen and oxygen atoms in total. The molecule has 188 valence electrons. The highest BCUT2D eigenvalue weighted by Gasteiger charge is 2.10. The maximum Gasteiger partial charge on any atom is 0.137 e. The van der Waals surface area contributed by atoms with Crippen molar-refractivity contribution in [3.8, 4) is 17.2 Å². The predicted octanol–water partition coefficient (Wildman–Crippen LogP) is -0.612. The van der Waals surface area contributed by atoms with Crippen molar-refractivity contribution in [1.82, 2.24) is 0 Å². The van der Waals surface area contributed by atoms with Crippen LogP contribution in [-0.2, 0) is 0 Å². The second-order valence-electron chi connectivity index (χ2n) is 7.98. The third-order valence-corrected chi connectivity index (χ3v) is 5.24. The van der Waals surface area contributed by atoms with Gasteiger partial charge in [-0.3, -0.25) is 0 Å². The second kappa shape index (κ2) is 16.9. The van der Waals surface area contributed by atoms with E-state index >= 15 is 0 Å². The van der Waals surface area contributed by atoms with Gasteiger partial charge >= 0.3 is 0 Å². The average Bonchev–Trinajstić information content (AvgIpc) is 2.77. The molecule has 34 heavy (non-hydrogen) atoms. The second-order valence-corrected chi connectivity index (χ2v) is 7.98. The van der Waals surface area contributed by atoms with Gasteiger partial charge in [0.15, 0.2) is 0 Å². The van der Waals surface area contributed by atoms with Crippen LogP contribution < -0.4 is 36.1 Å². The number of hydrogen-bond acceptors (Lipinski definition) is 3. The Morgan fingerprint density at radius 1 is 0.471 bits per heavy atom. The van der Waals surface area contributed by atoms with Gasteiger partial charge in [0, 0.05) is 0 Å². The largest absolute Gasteiger partial charge is 1.00 e. The van der Waals surface area contributed by atoms with Gasteiger partial charge in [-0.25, -0.2) is 0 Å². The predicted molar refractivity (Wildman–Crippen MR) is 133 cm³/mol. The molecule has 0 unspecified atom stereocenters. The number of nitrogens with one attached hydrogen (secondary N) is 1. The van der Waals surface area contributed by atoms with Crippen LogP contribution in [0.15, 0.2) is 72.8 Å². The third kappa shape index (κ3) is 11.5. The van der Waals surface area contributed by atoms with Crippen molar-refractivity contribution in [2.24, 2.45) is 0 Å². The molecule has 0 saturated carbocycles. The molecule has 0 heterocycles. The van der Waals surface area contributed by atoms with E-state index in [9.17, 15) is 0 Å². The minimum Gasteiger partial charge on any atom is -1.00 e. The van der Waals surface area contributed by atoms with E-state index in [-0.39, 0.29) is 27.9 Å². The first-order chi connectivity index (χ1) is 15.1. The van der Waals surface area contributed by atoms with E-state index in [1.807, 2.05) is 36.4 Å². The molecule has 0 atom stereocenters. The summed E-state index contributed by atoms with van der Waals surface area (Å²) < 4.78 is 17.8. The summed E-state index contributed by atoms with van der Waals surface area (Å²) in [6, 6.07) is 24.6. The van der Waals surface area contributed by atoms with Crippen LogP contribution in [0.3, 0.4) is 0 Å². The fraction of sp³-hybridized carbons (Fsp3) is 0.333. The Hall–Kier alpha value is -2.58. The van der Waals surface area contributed by atoms with Crippen LogP contribution in [-0.4, -0.2) is 50.4 Å². The molecule has 0 spiro atoms. The van der Waals surface area contributed by atoms with E-state index in [2.05, 4.69) is 57.2 Å². The third-order valence-electron chi connectivity index (χ3n) is 5.24. The van der Waals surface area contributed by atoms with Crippen LogP contribution in [0.4, 0.5) is 0 Å². The Bertz CT molecular complexity index is 779. The normalized spacial score (nSPS) is 9.88. The van der Waals surface area contributed by atoms with Gasteiger partial charge in [0.05, 0.1) is 0 Å². The lowest BCUT2D eigenvalue weighted by atomic mass is 10.2. The number of halogens is 1. The zero-order chi connectivity index (χ0) is 21.9. The van der Waals surface area contributed by atoms with Crippen molar-refractivity contribution in [3.05, 3.63) is 89.5 Å². The fourth-order valence-electron chi connectivity index (χ4n) is 3.22. The summed E-state index contributed by atoms with van der Waals surface area (Å²) in [6.45, 7) is 10.9. The van der Waals surface area contributed by atoms with Gasteiger partial charge in [-0.1, -0.05) is 53.1 Å². The topological polar surface area (TPSA) is 95.1 Å². The van der Waals surface area contributed by atoms with E-state index < -0.39 is 0 Å². The van der Waals surface area contributed by atoms with Gasteiger partial charge in [-0.15, -0.1) is 0 Å². The van der Waals surface area contributed by atoms with Crippen molar-refractivity contribution < 1.29 is 47.0 Å². The molecule has 3 rings (SSSR count). The zero-order valence-electron chi connectivity index (χ0n) is 20.3. The molecule has 3 aromatic carbocycles. The van der Waals surface area contributed by atoms with Gasteiger partial charge in [0.1, 0.15) is 56.7 Å². The maximum atomic E-state index is 5.94. The molecule has 0 amide bonds. The van der Waals surface area contributed by atoms with Crippen molar-refractivity contribution in [1.29, 1.82) is 0 Å². The van der Waals surface area contributed by atoms with E-state index in [0.717, 1.165) is 36.9 Å². The number of quaternary nitrogens is 1. The molecule has 0 bridgehead atoms. The number of hydrogen-bond donors (Lipinski definition) is 1. The first-order valence-electron chi connectivity index (χ1n) is 11.0. The summed E-state index contributed by atoms with van der Waals surface area (Å²) >= 11 is 0. The SMILES string of the molecule is Cc1ccc(OCC[NH+](CCOc2ccc(C)cc2)CCOc2ccc(C)cc2)cc1.O.O.[Br-]. The first kappa shape index (κ1) is 31.4. The molecule has 3 aromatic rings. The Balaban J connectivity index is 0.00000363. The van der Waals surface area contributed by atoms with Crippen LogP contribution in [0, 0.1) is 20.8 Å². The van der Waals surface area contributed by atoms with Gasteiger partial charge < -0.3 is 47.0 Å². The lowest BCUT2D eigenvalue weighted by Gasteiger charge is -2.20. The highest BCUT2D eigenvalue weighted by molar-refractivity contribution is 5.27. The lowest BCUT2D eigenvalue weighted by molar-refractivity contribution is -0.900. The van der Waals surface area contributed by atoms with Crippen molar-refractivity contribution in [3.63, 3.8) is 0 Å². The quantitative estimate of drug-likeness (QED) is 0.335. The summed E-state index contributed by atoms with van der Waals surface area (Å²) in [5.74, 6) is 2.74. The van der Waals surface area contributed by atoms with Crippen LogP contribution in [0.5, 0.6) is 17.2 Å². The smallest absolute Gasteiger partial charge is 0.137 e. The minimum atomic E-state index is 0. The molecule has 5 N–H and O–H groups in total. The fourth-order valence-corrected chi connectivity index (χ4v) is 3.22. The molecular weight excluding hydrogens is 498 g/mol. The summed E-state index contributed by atoms with van der Waals surface area (Å²) in [5, 5.41) is 0. The molecule has 0 radical (unpaired) electrons. The molecule has 0 saturated heterocycles. The van der Waals surface area contributed by atoms with E-state index in [0.29, 0.717) is 19.8 Å². The van der Waals surface area contributed by atoms with Gasteiger partial charge in [0.25, 0.3) is 0 Å². The summed E-state index contributed by atoms with van der Waals surface area (Å²) in [4.78, 5) is 1.39. The van der Waals surface area contributed by atoms with Gasteiger partial charge in [-0.2, -0.15) is 0 Å². The van der Waals surface area contributed by atoms with Crippen LogP contribution >= 0.6 is 0 Å². The Labute approximate surface area is 213 Å². The van der Waals surface area contributed by atoms with Gasteiger partial charge in [-0.05, 0) is 57.2 Å². The van der Waals surface area contributed by atoms with Crippen LogP contribution in [0.25, 0.3) is 0 Å². The maximum absolute atomic E-state index is 5.94. The van der Waals surface area contributed by atoms with E-state index in [1.54, 1.807) is 0 Å². The molecule has 0 aliphatic carbocycles.